The second-order valence-corrected chi connectivity index (χ2v) is 17.2. The van der Waals surface area contributed by atoms with Gasteiger partial charge in [-0.1, -0.05) is 83.4 Å². The number of carbonyl (C=O) groups is 2. The summed E-state index contributed by atoms with van der Waals surface area (Å²) in [6, 6.07) is 28.4. The first-order valence-corrected chi connectivity index (χ1v) is 22.5. The summed E-state index contributed by atoms with van der Waals surface area (Å²) in [5.41, 5.74) is 10.8. The number of rotatable bonds is 18. The molecule has 2 amide bonds. The number of anilines is 4. The third-order valence-electron chi connectivity index (χ3n) is 9.85. The van der Waals surface area contributed by atoms with E-state index in [1.54, 1.807) is 98.0 Å². The molecule has 0 atom stereocenters. The van der Waals surface area contributed by atoms with E-state index in [0.29, 0.717) is 42.8 Å². The first-order valence-electron chi connectivity index (χ1n) is 20.8. The maximum Gasteiger partial charge on any atom is 0.305 e. The lowest BCUT2D eigenvalue weighted by atomic mass is 10.1. The number of pyridine rings is 2. The van der Waals surface area contributed by atoms with Crippen LogP contribution in [0, 0.1) is 47.9 Å². The molecular formula is C48H44N12O6S2+2. The van der Waals surface area contributed by atoms with E-state index in [2.05, 4.69) is 41.7 Å². The van der Waals surface area contributed by atoms with E-state index in [1.165, 1.54) is 34.8 Å². The molecule has 0 aliphatic rings. The van der Waals surface area contributed by atoms with Crippen molar-refractivity contribution in [3.05, 3.63) is 198 Å². The summed E-state index contributed by atoms with van der Waals surface area (Å²) in [5, 5.41) is 39.6. The fourth-order valence-corrected chi connectivity index (χ4v) is 8.42. The molecule has 4 N–H and O–H groups in total. The highest BCUT2D eigenvalue weighted by Crippen LogP contribution is 2.34. The SMILES string of the molecule is Cc1ccc(Nc2nc(C)c(C(/C=C/c3ccc(/C=C/C(=N\NC(=O)C[n+]4ccccc4)c4sc(Nc5ccc(C)cc5[N+](=O)[O-])nc4C)cc3)=N\NC(=O)C[n+]3ccccc3)s2)c([N+](=O)[O-])c1. The number of amides is 2. The van der Waals surface area contributed by atoms with Gasteiger partial charge < -0.3 is 10.6 Å². The molecule has 0 bridgehead atoms. The zero-order chi connectivity index (χ0) is 48.2. The number of hydrazone groups is 2. The van der Waals surface area contributed by atoms with Crippen molar-refractivity contribution < 1.29 is 28.6 Å². The standard InChI is InChI=1S/C48H42N12O6S2/c1-31-11-19-37(41(27-31)59(63)64)51-47-49-33(3)45(67-47)39(53-55-43(61)29-57-23-7-5-8-24-57)21-17-35-13-15-36(16-14-35)18-22-40(54-56-44(62)30-58-25-9-6-10-26-58)46-34(4)50-48(68-46)52-38-20-12-32(2)28-42(38)60(65)66/h5-28H,29-30H2,1-4H3,(H2-2,49,50,51,52,53,54,55,56,61,62)/p+2. The van der Waals surface area contributed by atoms with Crippen LogP contribution >= 0.6 is 22.7 Å². The van der Waals surface area contributed by atoms with Gasteiger partial charge in [0.25, 0.3) is 11.4 Å². The van der Waals surface area contributed by atoms with Crippen LogP contribution in [0.15, 0.2) is 144 Å². The lowest BCUT2D eigenvalue weighted by molar-refractivity contribution is -0.684. The molecule has 20 heteroatoms. The molecule has 7 aromatic rings. The number of nitro groups is 2. The molecule has 0 fully saturated rings. The number of carbonyl (C=O) groups excluding carboxylic acids is 2. The minimum atomic E-state index is -0.450. The average molecular weight is 949 g/mol. The summed E-state index contributed by atoms with van der Waals surface area (Å²) in [4.78, 5) is 59.2. The van der Waals surface area contributed by atoms with Crippen molar-refractivity contribution in [3.63, 3.8) is 0 Å². The van der Waals surface area contributed by atoms with Gasteiger partial charge >= 0.3 is 11.8 Å². The monoisotopic (exact) mass is 948 g/mol. The van der Waals surface area contributed by atoms with Gasteiger partial charge in [0.1, 0.15) is 22.8 Å². The number of hydrogen-bond acceptors (Lipinski definition) is 14. The Bertz CT molecular complexity index is 2900. The van der Waals surface area contributed by atoms with Crippen molar-refractivity contribution in [1.82, 2.24) is 20.8 Å². The highest BCUT2D eigenvalue weighted by Gasteiger charge is 2.20. The lowest BCUT2D eigenvalue weighted by Crippen LogP contribution is -2.41. The Labute approximate surface area is 398 Å². The highest BCUT2D eigenvalue weighted by atomic mass is 32.1. The summed E-state index contributed by atoms with van der Waals surface area (Å²) in [7, 11) is 0. The minimum absolute atomic E-state index is 0.0340. The molecule has 68 heavy (non-hydrogen) atoms. The van der Waals surface area contributed by atoms with Gasteiger partial charge in [-0.25, -0.2) is 20.8 Å². The fraction of sp³-hybridized carbons (Fsp3) is 0.125. The Balaban J connectivity index is 1.13. The van der Waals surface area contributed by atoms with E-state index in [4.69, 9.17) is 0 Å². The quantitative estimate of drug-likeness (QED) is 0.0279. The largest absolute Gasteiger partial charge is 0.326 e. The molecule has 4 aromatic heterocycles. The predicted octanol–water partition coefficient (Wildman–Crippen LogP) is 8.18. The number of nitro benzene ring substituents is 2. The fourth-order valence-electron chi connectivity index (χ4n) is 6.53. The molecule has 3 aromatic carbocycles. The molecule has 0 aliphatic heterocycles. The Morgan fingerprint density at radius 3 is 1.35 bits per heavy atom. The maximum absolute atomic E-state index is 13.0. The van der Waals surface area contributed by atoms with Crippen LogP contribution < -0.4 is 30.6 Å². The maximum atomic E-state index is 13.0. The molecule has 7 rings (SSSR count). The zero-order valence-electron chi connectivity index (χ0n) is 37.1. The molecule has 0 radical (unpaired) electrons. The van der Waals surface area contributed by atoms with Crippen LogP contribution in [-0.2, 0) is 22.7 Å². The lowest BCUT2D eigenvalue weighted by Gasteiger charge is -2.04. The van der Waals surface area contributed by atoms with Crippen LogP contribution in [0.5, 0.6) is 0 Å². The van der Waals surface area contributed by atoms with Gasteiger partial charge in [0.05, 0.1) is 31.0 Å². The molecule has 18 nitrogen and oxygen atoms in total. The van der Waals surface area contributed by atoms with Crippen LogP contribution in [0.25, 0.3) is 12.2 Å². The Kier molecular flexibility index (Phi) is 15.3. The summed E-state index contributed by atoms with van der Waals surface area (Å²) in [6.45, 7) is 7.21. The summed E-state index contributed by atoms with van der Waals surface area (Å²) >= 11 is 2.47. The average Bonchev–Trinajstić information content (AvgIpc) is 3.88. The van der Waals surface area contributed by atoms with Crippen molar-refractivity contribution in [2.24, 2.45) is 10.2 Å². The van der Waals surface area contributed by atoms with Crippen molar-refractivity contribution in [2.75, 3.05) is 10.6 Å². The van der Waals surface area contributed by atoms with Crippen molar-refractivity contribution in [3.8, 4) is 0 Å². The predicted molar refractivity (Wildman–Crippen MR) is 263 cm³/mol. The van der Waals surface area contributed by atoms with Gasteiger partial charge in [-0.05, 0) is 74.2 Å². The number of allylic oxidation sites excluding steroid dienone is 2. The minimum Gasteiger partial charge on any atom is -0.326 e. The molecule has 0 spiro atoms. The van der Waals surface area contributed by atoms with Crippen LogP contribution in [-0.4, -0.2) is 43.1 Å². The Hall–Kier alpha value is -8.62. The Morgan fingerprint density at radius 1 is 0.603 bits per heavy atom. The molecular weight excluding hydrogens is 905 g/mol. The van der Waals surface area contributed by atoms with Crippen LogP contribution in [0.1, 0.15) is 43.4 Å². The van der Waals surface area contributed by atoms with E-state index in [1.807, 2.05) is 72.8 Å². The molecule has 0 unspecified atom stereocenters. The molecule has 0 saturated carbocycles. The van der Waals surface area contributed by atoms with E-state index in [9.17, 15) is 29.8 Å². The van der Waals surface area contributed by atoms with Crippen molar-refractivity contribution >= 4 is 91.1 Å². The summed E-state index contributed by atoms with van der Waals surface area (Å²) in [5.74, 6) is -0.708. The zero-order valence-corrected chi connectivity index (χ0v) is 38.7. The van der Waals surface area contributed by atoms with Gasteiger partial charge in [0.15, 0.2) is 35.1 Å². The van der Waals surface area contributed by atoms with Crippen LogP contribution in [0.4, 0.5) is 33.0 Å². The molecule has 0 saturated heterocycles. The van der Waals surface area contributed by atoms with Gasteiger partial charge in [0, 0.05) is 36.4 Å². The second-order valence-electron chi connectivity index (χ2n) is 15.2. The van der Waals surface area contributed by atoms with Crippen molar-refractivity contribution in [2.45, 2.75) is 40.8 Å². The van der Waals surface area contributed by atoms with E-state index >= 15 is 0 Å². The number of nitrogens with one attached hydrogen (secondary N) is 4. The number of thiazole rings is 2. The Morgan fingerprint density at radius 2 is 0.985 bits per heavy atom. The van der Waals surface area contributed by atoms with Crippen molar-refractivity contribution in [1.29, 1.82) is 0 Å². The van der Waals surface area contributed by atoms with E-state index in [-0.39, 0.29) is 47.7 Å². The highest BCUT2D eigenvalue weighted by molar-refractivity contribution is 7.18. The van der Waals surface area contributed by atoms with E-state index in [0.717, 1.165) is 22.3 Å². The van der Waals surface area contributed by atoms with Gasteiger partial charge in [-0.2, -0.15) is 19.3 Å². The number of nitrogens with zero attached hydrogens (tertiary/aromatic N) is 8. The number of aromatic nitrogens is 4. The molecule has 0 aliphatic carbocycles. The van der Waals surface area contributed by atoms with Gasteiger partial charge in [0.2, 0.25) is 13.1 Å². The number of benzene rings is 3. The van der Waals surface area contributed by atoms with Crippen LogP contribution in [0.2, 0.25) is 0 Å². The van der Waals surface area contributed by atoms with E-state index < -0.39 is 9.85 Å². The molecule has 342 valence electrons. The normalized spacial score (nSPS) is 11.8. The number of aryl methyl sites for hydroxylation is 4. The number of hydrogen-bond donors (Lipinski definition) is 4. The summed E-state index contributed by atoms with van der Waals surface area (Å²) in [6.07, 6.45) is 14.3. The van der Waals surface area contributed by atoms with Crippen LogP contribution in [0.3, 0.4) is 0 Å². The molecule has 4 heterocycles. The smallest absolute Gasteiger partial charge is 0.305 e. The van der Waals surface area contributed by atoms with Gasteiger partial charge in [-0.15, -0.1) is 0 Å². The topological polar surface area (TPSA) is 227 Å². The third-order valence-corrected chi connectivity index (χ3v) is 12.0. The first-order chi connectivity index (χ1) is 32.8. The summed E-state index contributed by atoms with van der Waals surface area (Å²) < 4.78 is 3.44. The van der Waals surface area contributed by atoms with Gasteiger partial charge in [-0.3, -0.25) is 29.8 Å². The third kappa shape index (κ3) is 12.8. The first kappa shape index (κ1) is 47.3. The second kappa shape index (κ2) is 22.0.